The van der Waals surface area contributed by atoms with Crippen LogP contribution in [0.3, 0.4) is 0 Å². The van der Waals surface area contributed by atoms with Gasteiger partial charge in [0.05, 0.1) is 0 Å². The first-order chi connectivity index (χ1) is 7.16. The first-order valence-electron chi connectivity index (χ1n) is 5.04. The van der Waals surface area contributed by atoms with Crippen LogP contribution in [0.15, 0.2) is 42.1 Å². The smallest absolute Gasteiger partial charge is 0.123 e. The number of halogens is 1. The topological polar surface area (TPSA) is 4.93 Å². The molecule has 0 N–H and O–H groups in total. The number of rotatable bonds is 2. The molecule has 0 fully saturated rings. The Balaban J connectivity index is 2.41. The van der Waals surface area contributed by atoms with Crippen molar-refractivity contribution in [3.63, 3.8) is 0 Å². The van der Waals surface area contributed by atoms with Crippen molar-refractivity contribution in [1.82, 2.24) is 4.57 Å². The van der Waals surface area contributed by atoms with Crippen LogP contribution in [0, 0.1) is 5.82 Å². The second-order valence-corrected chi connectivity index (χ2v) is 3.95. The molecule has 2 heteroatoms. The summed E-state index contributed by atoms with van der Waals surface area (Å²) in [6, 6.07) is 6.83. The lowest BCUT2D eigenvalue weighted by Crippen LogP contribution is -1.92. The van der Waals surface area contributed by atoms with Gasteiger partial charge in [-0.15, -0.1) is 0 Å². The van der Waals surface area contributed by atoms with E-state index in [0.29, 0.717) is 0 Å². The van der Waals surface area contributed by atoms with Gasteiger partial charge in [0.1, 0.15) is 5.82 Å². The predicted octanol–water partition coefficient (Wildman–Crippen LogP) is 3.75. The molecule has 0 saturated heterocycles. The molecule has 1 heterocycles. The lowest BCUT2D eigenvalue weighted by Gasteiger charge is -2.01. The molecule has 1 aromatic heterocycles. The Bertz CT molecular complexity index is 504. The van der Waals surface area contributed by atoms with Crippen LogP contribution in [0.4, 0.5) is 4.39 Å². The van der Waals surface area contributed by atoms with Crippen molar-refractivity contribution in [1.29, 1.82) is 0 Å². The first kappa shape index (κ1) is 9.97. The largest absolute Gasteiger partial charge is 0.344 e. The Hall–Kier alpha value is -1.57. The number of benzene rings is 1. The number of hydrogen-bond donors (Lipinski definition) is 0. The normalized spacial score (nSPS) is 10.6. The Morgan fingerprint density at radius 2 is 2.13 bits per heavy atom. The lowest BCUT2D eigenvalue weighted by molar-refractivity contribution is 0.629. The number of allylic oxidation sites excluding steroid dienone is 2. The van der Waals surface area contributed by atoms with Gasteiger partial charge in [-0.25, -0.2) is 4.39 Å². The molecule has 15 heavy (non-hydrogen) atoms. The van der Waals surface area contributed by atoms with Crippen LogP contribution < -0.4 is 0 Å². The minimum absolute atomic E-state index is 0.178. The summed E-state index contributed by atoms with van der Waals surface area (Å²) >= 11 is 0. The molecular formula is C13H14FN. The molecular weight excluding hydrogens is 189 g/mol. The number of nitrogens with zero attached hydrogens (tertiary/aromatic N) is 1. The van der Waals surface area contributed by atoms with Crippen LogP contribution in [-0.4, -0.2) is 4.57 Å². The van der Waals surface area contributed by atoms with Crippen molar-refractivity contribution >= 4 is 10.9 Å². The summed E-state index contributed by atoms with van der Waals surface area (Å²) in [6.07, 6.45) is 4.15. The van der Waals surface area contributed by atoms with Crippen molar-refractivity contribution in [2.45, 2.75) is 20.4 Å². The maximum absolute atomic E-state index is 12.9. The van der Waals surface area contributed by atoms with Crippen LogP contribution >= 0.6 is 0 Å². The third-order valence-corrected chi connectivity index (χ3v) is 2.43. The highest BCUT2D eigenvalue weighted by atomic mass is 19.1. The van der Waals surface area contributed by atoms with E-state index in [1.54, 1.807) is 6.07 Å². The maximum Gasteiger partial charge on any atom is 0.123 e. The third-order valence-electron chi connectivity index (χ3n) is 2.43. The quantitative estimate of drug-likeness (QED) is 0.655. The summed E-state index contributed by atoms with van der Waals surface area (Å²) in [6.45, 7) is 4.99. The molecule has 0 saturated carbocycles. The zero-order valence-corrected chi connectivity index (χ0v) is 9.00. The van der Waals surface area contributed by atoms with Crippen molar-refractivity contribution in [3.05, 3.63) is 47.9 Å². The Morgan fingerprint density at radius 3 is 2.87 bits per heavy atom. The highest BCUT2D eigenvalue weighted by Gasteiger charge is 2.00. The molecule has 0 aliphatic carbocycles. The van der Waals surface area contributed by atoms with Crippen molar-refractivity contribution in [2.24, 2.45) is 0 Å². The van der Waals surface area contributed by atoms with Gasteiger partial charge in [0.15, 0.2) is 0 Å². The second-order valence-electron chi connectivity index (χ2n) is 3.95. The molecule has 2 aromatic rings. The van der Waals surface area contributed by atoms with Crippen molar-refractivity contribution in [3.8, 4) is 0 Å². The van der Waals surface area contributed by atoms with E-state index >= 15 is 0 Å². The average molecular weight is 203 g/mol. The number of hydrogen-bond acceptors (Lipinski definition) is 0. The summed E-state index contributed by atoms with van der Waals surface area (Å²) in [5.41, 5.74) is 2.37. The van der Waals surface area contributed by atoms with Crippen LogP contribution in [0.5, 0.6) is 0 Å². The fraction of sp³-hybridized carbons (Fsp3) is 0.231. The summed E-state index contributed by atoms with van der Waals surface area (Å²) < 4.78 is 15.1. The van der Waals surface area contributed by atoms with Crippen LogP contribution in [0.25, 0.3) is 10.9 Å². The predicted molar refractivity (Wildman–Crippen MR) is 61.3 cm³/mol. The van der Waals surface area contributed by atoms with E-state index in [-0.39, 0.29) is 5.82 Å². The summed E-state index contributed by atoms with van der Waals surface area (Å²) in [7, 11) is 0. The number of fused-ring (bicyclic) bond motifs is 1. The van der Waals surface area contributed by atoms with Gasteiger partial charge in [-0.1, -0.05) is 11.6 Å². The van der Waals surface area contributed by atoms with Gasteiger partial charge in [-0.3, -0.25) is 0 Å². The third kappa shape index (κ3) is 2.09. The lowest BCUT2D eigenvalue weighted by atomic mass is 10.2. The molecule has 0 aliphatic rings. The van der Waals surface area contributed by atoms with Gasteiger partial charge in [0.2, 0.25) is 0 Å². The molecule has 0 aliphatic heterocycles. The second kappa shape index (κ2) is 3.89. The minimum atomic E-state index is -0.178. The van der Waals surface area contributed by atoms with Crippen LogP contribution in [-0.2, 0) is 6.54 Å². The molecule has 0 bridgehead atoms. The SMILES string of the molecule is CC(C)=CCn1ccc2cc(F)ccc21. The summed E-state index contributed by atoms with van der Waals surface area (Å²) in [5, 5.41) is 0.956. The molecule has 0 unspecified atom stereocenters. The van der Waals surface area contributed by atoms with E-state index < -0.39 is 0 Å². The van der Waals surface area contributed by atoms with Gasteiger partial charge >= 0.3 is 0 Å². The maximum atomic E-state index is 12.9. The van der Waals surface area contributed by atoms with E-state index in [4.69, 9.17) is 0 Å². The highest BCUT2D eigenvalue weighted by molar-refractivity contribution is 5.80. The Kier molecular flexibility index (Phi) is 2.58. The molecule has 0 atom stereocenters. The molecule has 1 aromatic carbocycles. The highest BCUT2D eigenvalue weighted by Crippen LogP contribution is 2.17. The fourth-order valence-corrected chi connectivity index (χ4v) is 1.61. The monoisotopic (exact) mass is 203 g/mol. The summed E-state index contributed by atoms with van der Waals surface area (Å²) in [4.78, 5) is 0. The van der Waals surface area contributed by atoms with Gasteiger partial charge in [-0.05, 0) is 38.1 Å². The minimum Gasteiger partial charge on any atom is -0.344 e. The zero-order chi connectivity index (χ0) is 10.8. The van der Waals surface area contributed by atoms with Crippen LogP contribution in [0.1, 0.15) is 13.8 Å². The van der Waals surface area contributed by atoms with E-state index in [2.05, 4.69) is 24.5 Å². The molecule has 1 nitrogen and oxygen atoms in total. The molecule has 0 radical (unpaired) electrons. The van der Waals surface area contributed by atoms with Gasteiger partial charge in [0, 0.05) is 23.6 Å². The van der Waals surface area contributed by atoms with E-state index in [1.165, 1.54) is 11.6 Å². The van der Waals surface area contributed by atoms with Crippen LogP contribution in [0.2, 0.25) is 0 Å². The van der Waals surface area contributed by atoms with E-state index in [0.717, 1.165) is 17.4 Å². The van der Waals surface area contributed by atoms with Crippen molar-refractivity contribution < 1.29 is 4.39 Å². The molecule has 2 rings (SSSR count). The molecule has 0 amide bonds. The average Bonchev–Trinajstić information content (AvgIpc) is 2.57. The van der Waals surface area contributed by atoms with Crippen molar-refractivity contribution in [2.75, 3.05) is 0 Å². The van der Waals surface area contributed by atoms with E-state index in [9.17, 15) is 4.39 Å². The fourth-order valence-electron chi connectivity index (χ4n) is 1.61. The summed E-state index contributed by atoms with van der Waals surface area (Å²) in [5.74, 6) is -0.178. The van der Waals surface area contributed by atoms with E-state index in [1.807, 2.05) is 18.3 Å². The van der Waals surface area contributed by atoms with Gasteiger partial charge in [0.25, 0.3) is 0 Å². The molecule has 0 spiro atoms. The van der Waals surface area contributed by atoms with Gasteiger partial charge in [-0.2, -0.15) is 0 Å². The van der Waals surface area contributed by atoms with Gasteiger partial charge < -0.3 is 4.57 Å². The first-order valence-corrected chi connectivity index (χ1v) is 5.04. The standard InChI is InChI=1S/C13H14FN/c1-10(2)5-7-15-8-6-11-9-12(14)3-4-13(11)15/h3-6,8-9H,7H2,1-2H3. The molecule has 78 valence electrons. The Morgan fingerprint density at radius 1 is 1.33 bits per heavy atom. The number of aromatic nitrogens is 1. The zero-order valence-electron chi connectivity index (χ0n) is 9.00. The Labute approximate surface area is 88.8 Å².